The third-order valence-corrected chi connectivity index (χ3v) is 4.65. The molecule has 0 bridgehead atoms. The van der Waals surface area contributed by atoms with Crippen molar-refractivity contribution in [3.8, 4) is 5.75 Å². The normalized spacial score (nSPS) is 17.5. The highest BCUT2D eigenvalue weighted by Crippen LogP contribution is 2.28. The molecule has 2 atom stereocenters. The van der Waals surface area contributed by atoms with Crippen LogP contribution in [0.1, 0.15) is 45.7 Å². The Hall–Kier alpha value is -2.57. The molecule has 7 nitrogen and oxygen atoms in total. The summed E-state index contributed by atoms with van der Waals surface area (Å²) < 4.78 is 10.8. The van der Waals surface area contributed by atoms with Gasteiger partial charge >= 0.3 is 6.09 Å². The molecule has 0 aromatic heterocycles. The summed E-state index contributed by atoms with van der Waals surface area (Å²) in [7, 11) is 1.58. The van der Waals surface area contributed by atoms with Gasteiger partial charge in [0.1, 0.15) is 23.7 Å². The van der Waals surface area contributed by atoms with Gasteiger partial charge in [-0.3, -0.25) is 9.69 Å². The maximum atomic E-state index is 12.9. The second-order valence-electron chi connectivity index (χ2n) is 8.38. The topological polar surface area (TPSA) is 84.9 Å². The Bertz CT molecular complexity index is 739. The molecule has 7 heteroatoms. The van der Waals surface area contributed by atoms with E-state index in [1.807, 2.05) is 32.0 Å². The number of benzene rings is 1. The number of hydrogen-bond acceptors (Lipinski definition) is 5. The number of methoxy groups -OCH3 is 1. The largest absolute Gasteiger partial charge is 0.497 e. The first-order valence-electron chi connectivity index (χ1n) is 9.46. The molecule has 1 aliphatic heterocycles. The predicted octanol–water partition coefficient (Wildman–Crippen LogP) is 2.70. The van der Waals surface area contributed by atoms with E-state index in [-0.39, 0.29) is 18.4 Å². The van der Waals surface area contributed by atoms with Crippen molar-refractivity contribution in [3.05, 3.63) is 29.3 Å². The lowest BCUT2D eigenvalue weighted by atomic mass is 9.93. The van der Waals surface area contributed by atoms with Gasteiger partial charge in [0.15, 0.2) is 0 Å². The van der Waals surface area contributed by atoms with Gasteiger partial charge in [0.05, 0.1) is 19.7 Å². The third kappa shape index (κ3) is 5.24. The fourth-order valence-electron chi connectivity index (χ4n) is 3.05. The van der Waals surface area contributed by atoms with Crippen molar-refractivity contribution < 1.29 is 23.9 Å². The Balaban J connectivity index is 2.33. The monoisotopic (exact) mass is 390 g/mol. The molecule has 2 amide bonds. The maximum absolute atomic E-state index is 12.9. The third-order valence-electron chi connectivity index (χ3n) is 4.65. The van der Waals surface area contributed by atoms with Crippen LogP contribution in [-0.4, -0.2) is 48.0 Å². The summed E-state index contributed by atoms with van der Waals surface area (Å²) in [5, 5.41) is 2.76. The van der Waals surface area contributed by atoms with E-state index in [1.54, 1.807) is 27.9 Å². The molecule has 0 spiro atoms. The number of nitrogens with zero attached hydrogens (tertiary/aromatic N) is 1. The summed E-state index contributed by atoms with van der Waals surface area (Å²) in [6.07, 6.45) is 0.504. The van der Waals surface area contributed by atoms with Gasteiger partial charge in [-0.1, -0.05) is 19.9 Å². The molecule has 0 saturated carbocycles. The van der Waals surface area contributed by atoms with Gasteiger partial charge in [-0.2, -0.15) is 0 Å². The minimum atomic E-state index is -0.753. The summed E-state index contributed by atoms with van der Waals surface area (Å²) in [4.78, 5) is 38.5. The molecule has 28 heavy (non-hydrogen) atoms. The number of ether oxygens (including phenoxy) is 2. The van der Waals surface area contributed by atoms with E-state index in [9.17, 15) is 14.4 Å². The minimum Gasteiger partial charge on any atom is -0.497 e. The number of carbonyl (C=O) groups excluding carboxylic acids is 3. The quantitative estimate of drug-likeness (QED) is 0.782. The van der Waals surface area contributed by atoms with E-state index >= 15 is 0 Å². The van der Waals surface area contributed by atoms with Crippen LogP contribution in [0.25, 0.3) is 0 Å². The SMILES string of the molecule is COc1ccc2c(c1)CN(C(=O)OC(C)(C)C)[C@@H](C(=O)N[C@H](C=O)C(C)C)C2. The lowest BCUT2D eigenvalue weighted by Crippen LogP contribution is -2.56. The first-order valence-corrected chi connectivity index (χ1v) is 9.46. The zero-order chi connectivity index (χ0) is 21.1. The number of rotatable bonds is 5. The van der Waals surface area contributed by atoms with Crippen LogP contribution >= 0.6 is 0 Å². The minimum absolute atomic E-state index is 0.0448. The molecule has 1 N–H and O–H groups in total. The molecule has 2 rings (SSSR count). The molecule has 0 fully saturated rings. The van der Waals surface area contributed by atoms with E-state index in [0.29, 0.717) is 12.2 Å². The van der Waals surface area contributed by atoms with Crippen LogP contribution in [0.15, 0.2) is 18.2 Å². The molecule has 1 aliphatic rings. The highest BCUT2D eigenvalue weighted by molar-refractivity contribution is 5.88. The highest BCUT2D eigenvalue weighted by Gasteiger charge is 2.38. The van der Waals surface area contributed by atoms with Gasteiger partial charge in [0.25, 0.3) is 0 Å². The van der Waals surface area contributed by atoms with Crippen LogP contribution in [0.5, 0.6) is 5.75 Å². The molecule has 0 aliphatic carbocycles. The molecule has 154 valence electrons. The van der Waals surface area contributed by atoms with Gasteiger partial charge in [-0.15, -0.1) is 0 Å². The van der Waals surface area contributed by atoms with Crippen LogP contribution in [-0.2, 0) is 27.3 Å². The van der Waals surface area contributed by atoms with Crippen molar-refractivity contribution in [2.75, 3.05) is 7.11 Å². The first-order chi connectivity index (χ1) is 13.1. The standard InChI is InChI=1S/C21H30N2O5/c1-13(2)17(12-24)22-19(25)18-10-14-7-8-16(27-6)9-15(14)11-23(18)20(26)28-21(3,4)5/h7-9,12-13,17-18H,10-11H2,1-6H3,(H,22,25)/t17-,18-/m1/s1. The van der Waals surface area contributed by atoms with Crippen LogP contribution in [0, 0.1) is 5.92 Å². The average molecular weight is 390 g/mol. The van der Waals surface area contributed by atoms with Crippen LogP contribution in [0.3, 0.4) is 0 Å². The molecule has 1 heterocycles. The van der Waals surface area contributed by atoms with E-state index in [2.05, 4.69) is 5.32 Å². The molecule has 0 unspecified atom stereocenters. The number of hydrogen-bond donors (Lipinski definition) is 1. The van der Waals surface area contributed by atoms with E-state index < -0.39 is 23.8 Å². The summed E-state index contributed by atoms with van der Waals surface area (Å²) in [6, 6.07) is 4.24. The molecular formula is C21H30N2O5. The van der Waals surface area contributed by atoms with E-state index in [1.165, 1.54) is 4.90 Å². The van der Waals surface area contributed by atoms with Crippen molar-refractivity contribution in [3.63, 3.8) is 0 Å². The van der Waals surface area contributed by atoms with Crippen molar-refractivity contribution in [2.45, 2.75) is 65.3 Å². The lowest BCUT2D eigenvalue weighted by molar-refractivity contribution is -0.129. The summed E-state index contributed by atoms with van der Waals surface area (Å²) in [5.41, 5.74) is 1.19. The molecule has 1 aromatic rings. The molecule has 0 saturated heterocycles. The fourth-order valence-corrected chi connectivity index (χ4v) is 3.05. The Morgan fingerprint density at radius 3 is 2.46 bits per heavy atom. The first kappa shape index (κ1) is 21.7. The second-order valence-corrected chi connectivity index (χ2v) is 8.38. The van der Waals surface area contributed by atoms with Gasteiger partial charge in [0.2, 0.25) is 5.91 Å². The second kappa shape index (κ2) is 8.63. The Morgan fingerprint density at radius 1 is 1.25 bits per heavy atom. The van der Waals surface area contributed by atoms with Crippen molar-refractivity contribution in [1.29, 1.82) is 0 Å². The van der Waals surface area contributed by atoms with E-state index in [4.69, 9.17) is 9.47 Å². The number of amides is 2. The number of carbonyl (C=O) groups is 3. The fraction of sp³-hybridized carbons (Fsp3) is 0.571. The molecule has 0 radical (unpaired) electrons. The van der Waals surface area contributed by atoms with E-state index in [0.717, 1.165) is 17.4 Å². The highest BCUT2D eigenvalue weighted by atomic mass is 16.6. The Kier molecular flexibility index (Phi) is 6.69. The summed E-state index contributed by atoms with van der Waals surface area (Å²) in [5.74, 6) is 0.279. The summed E-state index contributed by atoms with van der Waals surface area (Å²) in [6.45, 7) is 9.28. The van der Waals surface area contributed by atoms with Crippen molar-refractivity contribution >= 4 is 18.3 Å². The van der Waals surface area contributed by atoms with Gasteiger partial charge in [-0.25, -0.2) is 4.79 Å². The average Bonchev–Trinajstić information content (AvgIpc) is 2.62. The number of aldehydes is 1. The molecule has 1 aromatic carbocycles. The number of fused-ring (bicyclic) bond motifs is 1. The maximum Gasteiger partial charge on any atom is 0.411 e. The Labute approximate surface area is 166 Å². The van der Waals surface area contributed by atoms with Crippen molar-refractivity contribution in [2.24, 2.45) is 5.92 Å². The van der Waals surface area contributed by atoms with Crippen molar-refractivity contribution in [1.82, 2.24) is 10.2 Å². The van der Waals surface area contributed by atoms with Crippen LogP contribution in [0.4, 0.5) is 4.79 Å². The van der Waals surface area contributed by atoms with Gasteiger partial charge in [-0.05, 0) is 49.9 Å². The number of nitrogens with one attached hydrogen (secondary N) is 1. The van der Waals surface area contributed by atoms with Crippen LogP contribution < -0.4 is 10.1 Å². The van der Waals surface area contributed by atoms with Crippen LogP contribution in [0.2, 0.25) is 0 Å². The smallest absolute Gasteiger partial charge is 0.411 e. The van der Waals surface area contributed by atoms with Gasteiger partial charge < -0.3 is 19.6 Å². The van der Waals surface area contributed by atoms with Gasteiger partial charge in [0, 0.05) is 6.42 Å². The molecular weight excluding hydrogens is 360 g/mol. The lowest BCUT2D eigenvalue weighted by Gasteiger charge is -2.37. The zero-order valence-electron chi connectivity index (χ0n) is 17.4. The Morgan fingerprint density at radius 2 is 1.93 bits per heavy atom. The summed E-state index contributed by atoms with van der Waals surface area (Å²) >= 11 is 0. The predicted molar refractivity (Wildman–Crippen MR) is 105 cm³/mol. The zero-order valence-corrected chi connectivity index (χ0v) is 17.4.